The molecule has 7 nitrogen and oxygen atoms in total. The molecule has 1 aromatic carbocycles. The zero-order chi connectivity index (χ0) is 26.9. The summed E-state index contributed by atoms with van der Waals surface area (Å²) in [6.07, 6.45) is 4.45. The summed E-state index contributed by atoms with van der Waals surface area (Å²) in [5.74, 6) is -4.16. The monoisotopic (exact) mass is 550 g/mol. The number of halogens is 3. The minimum absolute atomic E-state index is 0.0895. The molecule has 1 atom stereocenters. The normalized spacial score (nSPS) is 21.2. The van der Waals surface area contributed by atoms with Crippen molar-refractivity contribution in [3.05, 3.63) is 47.5 Å². The van der Waals surface area contributed by atoms with Gasteiger partial charge in [0.1, 0.15) is 22.5 Å². The molecule has 3 fully saturated rings. The van der Waals surface area contributed by atoms with E-state index in [1.54, 1.807) is 12.1 Å². The van der Waals surface area contributed by atoms with E-state index in [4.69, 9.17) is 5.11 Å². The van der Waals surface area contributed by atoms with Crippen molar-refractivity contribution in [3.8, 4) is 0 Å². The molecule has 38 heavy (non-hydrogen) atoms. The van der Waals surface area contributed by atoms with E-state index >= 15 is 0 Å². The molecule has 1 aromatic heterocycles. The highest BCUT2D eigenvalue weighted by Gasteiger charge is 2.44. The van der Waals surface area contributed by atoms with E-state index in [2.05, 4.69) is 19.9 Å². The number of carbonyl (C=O) groups excluding carboxylic acids is 1. The number of aromatic nitrogens is 1. The third kappa shape index (κ3) is 6.31. The first-order valence-corrected chi connectivity index (χ1v) is 14.5. The summed E-state index contributed by atoms with van der Waals surface area (Å²) < 4.78 is 56.7. The number of piperidine rings is 1. The molecule has 0 bridgehead atoms. The molecule has 3 N–H and O–H groups in total. The second kappa shape index (κ2) is 10.8. The highest BCUT2D eigenvalue weighted by Crippen LogP contribution is 2.54. The summed E-state index contributed by atoms with van der Waals surface area (Å²) in [4.78, 5) is 19.8. The average molecular weight is 551 g/mol. The molecule has 2 aromatic rings. The molecule has 0 radical (unpaired) electrons. The fourth-order valence-electron chi connectivity index (χ4n) is 5.49. The first-order chi connectivity index (χ1) is 18.2. The number of aliphatic hydroxyl groups excluding tert-OH is 1. The second-order valence-corrected chi connectivity index (χ2v) is 12.1. The summed E-state index contributed by atoms with van der Waals surface area (Å²) >= 11 is 0. The van der Waals surface area contributed by atoms with E-state index in [0.29, 0.717) is 22.5 Å². The number of amides is 1. The minimum Gasteiger partial charge on any atom is -0.395 e. The highest BCUT2D eigenvalue weighted by molar-refractivity contribution is 7.86. The number of aliphatic hydroxyl groups is 1. The number of hydrogen-bond donors (Lipinski definition) is 3. The predicted molar refractivity (Wildman–Crippen MR) is 142 cm³/mol. The van der Waals surface area contributed by atoms with Crippen LogP contribution < -0.4 is 14.9 Å². The van der Waals surface area contributed by atoms with Crippen LogP contribution in [0.25, 0.3) is 0 Å². The molecule has 1 amide bonds. The topological polar surface area (TPSA) is 94.6 Å². The Morgan fingerprint density at radius 2 is 1.79 bits per heavy atom. The number of carbonyl (C=O) groups is 1. The summed E-state index contributed by atoms with van der Waals surface area (Å²) in [5.41, 5.74) is 2.53. The fraction of sp³-hybridized carbons (Fsp3) is 0.556. The minimum atomic E-state index is -2.71. The Kier molecular flexibility index (Phi) is 7.68. The van der Waals surface area contributed by atoms with E-state index in [1.807, 2.05) is 6.07 Å². The summed E-state index contributed by atoms with van der Waals surface area (Å²) in [6.45, 7) is 1.43. The van der Waals surface area contributed by atoms with Gasteiger partial charge in [-0.15, -0.1) is 0 Å². The zero-order valence-electron chi connectivity index (χ0n) is 21.1. The molecular formula is C27H33F3N4O3S. The lowest BCUT2D eigenvalue weighted by Gasteiger charge is -2.35. The molecular weight excluding hydrogens is 517 g/mol. The molecule has 2 heterocycles. The van der Waals surface area contributed by atoms with E-state index in [9.17, 15) is 22.2 Å². The van der Waals surface area contributed by atoms with Gasteiger partial charge in [-0.1, -0.05) is 0 Å². The fourth-order valence-corrected chi connectivity index (χ4v) is 6.15. The third-order valence-corrected chi connectivity index (χ3v) is 9.07. The summed E-state index contributed by atoms with van der Waals surface area (Å²) in [7, 11) is -1.45. The summed E-state index contributed by atoms with van der Waals surface area (Å²) in [5, 5.41) is 11.9. The summed E-state index contributed by atoms with van der Waals surface area (Å²) in [6, 6.07) is 7.50. The Labute approximate surface area is 222 Å². The molecule has 2 aliphatic carbocycles. The Hall–Kier alpha value is -2.66. The maximum absolute atomic E-state index is 14.5. The van der Waals surface area contributed by atoms with Gasteiger partial charge in [-0.05, 0) is 68.2 Å². The number of hydrogen-bond acceptors (Lipinski definition) is 5. The Balaban J connectivity index is 1.36. The van der Waals surface area contributed by atoms with E-state index < -0.39 is 28.6 Å². The van der Waals surface area contributed by atoms with Gasteiger partial charge in [-0.2, -0.15) is 0 Å². The van der Waals surface area contributed by atoms with Crippen molar-refractivity contribution in [2.24, 2.45) is 5.41 Å². The van der Waals surface area contributed by atoms with Crippen LogP contribution in [0.3, 0.4) is 0 Å². The van der Waals surface area contributed by atoms with Gasteiger partial charge in [0.25, 0.3) is 5.91 Å². The third-order valence-electron chi connectivity index (χ3n) is 8.05. The van der Waals surface area contributed by atoms with Crippen LogP contribution in [0.5, 0.6) is 0 Å². The van der Waals surface area contributed by atoms with Crippen molar-refractivity contribution < 1.29 is 27.3 Å². The molecule has 1 saturated heterocycles. The standard InChI is InChI=1S/C27H33F3N4O3S/c28-19-15-22(18-3-5-27(29,30)6-4-18)31-23(16-19)25(36)32-21-2-1-20(33-38(37)14-13-35)17-24(21)34-11-9-26(7-8-26)10-12-34/h1-2,15-18,33,35H,3-14H2,(H,32,36). The second-order valence-electron chi connectivity index (χ2n) is 10.8. The Bertz CT molecular complexity index is 1200. The van der Waals surface area contributed by atoms with Crippen LogP contribution in [0.1, 0.15) is 73.5 Å². The Morgan fingerprint density at radius 3 is 2.45 bits per heavy atom. The number of nitrogens with zero attached hydrogens (tertiary/aromatic N) is 2. The van der Waals surface area contributed by atoms with Crippen molar-refractivity contribution in [3.63, 3.8) is 0 Å². The lowest BCUT2D eigenvalue weighted by atomic mass is 9.84. The van der Waals surface area contributed by atoms with Crippen molar-refractivity contribution in [1.29, 1.82) is 0 Å². The van der Waals surface area contributed by atoms with E-state index in [0.717, 1.165) is 37.7 Å². The van der Waals surface area contributed by atoms with Crippen molar-refractivity contribution in [2.75, 3.05) is 40.4 Å². The Morgan fingerprint density at radius 1 is 1.08 bits per heavy atom. The van der Waals surface area contributed by atoms with Crippen LogP contribution in [0, 0.1) is 11.2 Å². The van der Waals surface area contributed by atoms with Gasteiger partial charge in [0, 0.05) is 49.3 Å². The molecule has 206 valence electrons. The van der Waals surface area contributed by atoms with Crippen molar-refractivity contribution >= 4 is 34.0 Å². The van der Waals surface area contributed by atoms with E-state index in [-0.39, 0.29) is 49.7 Å². The predicted octanol–water partition coefficient (Wildman–Crippen LogP) is 5.21. The first-order valence-electron chi connectivity index (χ1n) is 13.2. The molecule has 3 aliphatic rings. The molecule has 5 rings (SSSR count). The molecule has 11 heteroatoms. The van der Waals surface area contributed by atoms with Gasteiger partial charge in [-0.3, -0.25) is 4.79 Å². The van der Waals surface area contributed by atoms with Crippen LogP contribution in [0.2, 0.25) is 0 Å². The van der Waals surface area contributed by atoms with Gasteiger partial charge in [0.2, 0.25) is 5.92 Å². The van der Waals surface area contributed by atoms with Gasteiger partial charge >= 0.3 is 0 Å². The number of pyridine rings is 1. The van der Waals surface area contributed by atoms with Crippen molar-refractivity contribution in [2.45, 2.75) is 63.2 Å². The zero-order valence-corrected chi connectivity index (χ0v) is 22.0. The molecule has 1 aliphatic heterocycles. The van der Waals surface area contributed by atoms with Crippen LogP contribution in [0.4, 0.5) is 30.2 Å². The smallest absolute Gasteiger partial charge is 0.274 e. The quantitative estimate of drug-likeness (QED) is 0.419. The number of benzene rings is 1. The lowest BCUT2D eigenvalue weighted by Crippen LogP contribution is -2.35. The number of rotatable bonds is 8. The van der Waals surface area contributed by atoms with Crippen molar-refractivity contribution in [1.82, 2.24) is 4.98 Å². The number of nitrogens with one attached hydrogen (secondary N) is 2. The van der Waals surface area contributed by atoms with Gasteiger partial charge < -0.3 is 20.0 Å². The lowest BCUT2D eigenvalue weighted by molar-refractivity contribution is -0.0385. The average Bonchev–Trinajstić information content (AvgIpc) is 3.63. The van der Waals surface area contributed by atoms with Crippen LogP contribution in [-0.2, 0) is 11.0 Å². The van der Waals surface area contributed by atoms with Gasteiger partial charge in [0.05, 0.1) is 23.7 Å². The van der Waals surface area contributed by atoms with Gasteiger partial charge in [0.15, 0.2) is 0 Å². The largest absolute Gasteiger partial charge is 0.395 e. The first kappa shape index (κ1) is 26.9. The number of anilines is 3. The van der Waals surface area contributed by atoms with E-state index in [1.165, 1.54) is 18.9 Å². The maximum atomic E-state index is 14.5. The SMILES string of the molecule is O=C(Nc1ccc(NS(=O)CCO)cc1N1CCC2(CC1)CC2)c1cc(F)cc(C2CCC(F)(F)CC2)n1. The van der Waals surface area contributed by atoms with Gasteiger partial charge in [-0.25, -0.2) is 22.4 Å². The van der Waals surface area contributed by atoms with Crippen LogP contribution in [0.15, 0.2) is 30.3 Å². The number of alkyl halides is 2. The maximum Gasteiger partial charge on any atom is 0.274 e. The molecule has 2 saturated carbocycles. The highest BCUT2D eigenvalue weighted by atomic mass is 32.2. The molecule has 1 unspecified atom stereocenters. The molecule has 1 spiro atoms. The van der Waals surface area contributed by atoms with Crippen LogP contribution in [-0.4, -0.2) is 51.6 Å². The van der Waals surface area contributed by atoms with Crippen LogP contribution >= 0.6 is 0 Å².